The number of benzene rings is 1. The summed E-state index contributed by atoms with van der Waals surface area (Å²) in [7, 11) is 0. The molecule has 1 aromatic carbocycles. The summed E-state index contributed by atoms with van der Waals surface area (Å²) in [6.45, 7) is 3.25. The molecule has 0 aliphatic rings. The highest BCUT2D eigenvalue weighted by atomic mass is 16.5. The van der Waals surface area contributed by atoms with Crippen LogP contribution in [0, 0.1) is 6.92 Å². The van der Waals surface area contributed by atoms with Crippen LogP contribution < -0.4 is 10.1 Å². The molecule has 0 radical (unpaired) electrons. The highest BCUT2D eigenvalue weighted by molar-refractivity contribution is 5.49. The molecule has 5 heteroatoms. The lowest BCUT2D eigenvalue weighted by molar-refractivity contribution is 0.332. The van der Waals surface area contributed by atoms with Gasteiger partial charge in [0.2, 0.25) is 5.95 Å². The molecule has 0 saturated heterocycles. The largest absolute Gasteiger partial charge is 0.492 e. The first kappa shape index (κ1) is 12.5. The number of anilines is 1. The molecule has 0 bridgehead atoms. The molecule has 0 saturated carbocycles. The van der Waals surface area contributed by atoms with Gasteiger partial charge in [0, 0.05) is 6.20 Å². The van der Waals surface area contributed by atoms with Gasteiger partial charge in [-0.1, -0.05) is 24.3 Å². The van der Waals surface area contributed by atoms with Crippen molar-refractivity contribution < 1.29 is 4.74 Å². The second-order valence-electron chi connectivity index (χ2n) is 4.48. The predicted molar refractivity (Wildman–Crippen MR) is 78.2 cm³/mol. The van der Waals surface area contributed by atoms with Crippen LogP contribution in [0.3, 0.4) is 0 Å². The Bertz CT molecular complexity index is 693. The van der Waals surface area contributed by atoms with Crippen LogP contribution in [-0.2, 0) is 0 Å². The first-order chi connectivity index (χ1) is 9.83. The molecule has 2 heterocycles. The van der Waals surface area contributed by atoms with E-state index in [0.29, 0.717) is 19.1 Å². The molecule has 0 atom stereocenters. The molecule has 0 fully saturated rings. The number of nitrogens with zero attached hydrogens (tertiary/aromatic N) is 3. The molecule has 5 nitrogen and oxygen atoms in total. The lowest BCUT2D eigenvalue weighted by atomic mass is 10.3. The summed E-state index contributed by atoms with van der Waals surface area (Å²) in [4.78, 5) is 4.44. The van der Waals surface area contributed by atoms with Crippen LogP contribution >= 0.6 is 0 Å². The van der Waals surface area contributed by atoms with Gasteiger partial charge in [0.15, 0.2) is 5.65 Å². The Kier molecular flexibility index (Phi) is 3.50. The van der Waals surface area contributed by atoms with Crippen molar-refractivity contribution in [1.82, 2.24) is 14.6 Å². The van der Waals surface area contributed by atoms with E-state index in [1.807, 2.05) is 55.6 Å². The fraction of sp³-hybridized carbons (Fsp3) is 0.200. The van der Waals surface area contributed by atoms with Gasteiger partial charge < -0.3 is 10.1 Å². The first-order valence-electron chi connectivity index (χ1n) is 6.57. The number of hydrogen-bond acceptors (Lipinski definition) is 4. The maximum absolute atomic E-state index is 5.60. The number of fused-ring (bicyclic) bond motifs is 1. The zero-order valence-corrected chi connectivity index (χ0v) is 11.3. The Morgan fingerprint density at radius 1 is 1.15 bits per heavy atom. The van der Waals surface area contributed by atoms with E-state index < -0.39 is 0 Å². The van der Waals surface area contributed by atoms with E-state index in [4.69, 9.17) is 4.74 Å². The Hall–Kier alpha value is -2.56. The lowest BCUT2D eigenvalue weighted by Gasteiger charge is -2.05. The number of aryl methyl sites for hydroxylation is 1. The van der Waals surface area contributed by atoms with Crippen molar-refractivity contribution in [2.45, 2.75) is 6.92 Å². The topological polar surface area (TPSA) is 51.5 Å². The monoisotopic (exact) mass is 268 g/mol. The number of rotatable bonds is 5. The van der Waals surface area contributed by atoms with E-state index >= 15 is 0 Å². The van der Waals surface area contributed by atoms with Gasteiger partial charge in [0.1, 0.15) is 12.4 Å². The minimum absolute atomic E-state index is 0.568. The zero-order chi connectivity index (χ0) is 13.8. The predicted octanol–water partition coefficient (Wildman–Crippen LogP) is 2.53. The van der Waals surface area contributed by atoms with Crippen LogP contribution in [-0.4, -0.2) is 27.7 Å². The van der Waals surface area contributed by atoms with Gasteiger partial charge >= 0.3 is 0 Å². The van der Waals surface area contributed by atoms with E-state index in [-0.39, 0.29) is 0 Å². The molecule has 0 aliphatic heterocycles. The van der Waals surface area contributed by atoms with E-state index in [1.54, 1.807) is 4.52 Å². The summed E-state index contributed by atoms with van der Waals surface area (Å²) < 4.78 is 7.37. The number of para-hydroxylation sites is 1. The number of nitrogens with one attached hydrogen (secondary N) is 1. The quantitative estimate of drug-likeness (QED) is 0.722. The summed E-state index contributed by atoms with van der Waals surface area (Å²) >= 11 is 0. The molecule has 0 spiro atoms. The molecule has 3 rings (SSSR count). The minimum Gasteiger partial charge on any atom is -0.492 e. The van der Waals surface area contributed by atoms with Crippen molar-refractivity contribution in [2.24, 2.45) is 0 Å². The Morgan fingerprint density at radius 3 is 2.80 bits per heavy atom. The zero-order valence-electron chi connectivity index (χ0n) is 11.3. The lowest BCUT2D eigenvalue weighted by Crippen LogP contribution is -2.12. The second kappa shape index (κ2) is 5.61. The number of pyridine rings is 1. The van der Waals surface area contributed by atoms with Crippen molar-refractivity contribution in [2.75, 3.05) is 18.5 Å². The first-order valence-corrected chi connectivity index (χ1v) is 6.57. The van der Waals surface area contributed by atoms with Crippen LogP contribution in [0.4, 0.5) is 5.95 Å². The molecule has 102 valence electrons. The van der Waals surface area contributed by atoms with E-state index in [0.717, 1.165) is 17.0 Å². The number of hydrogen-bond donors (Lipinski definition) is 1. The average molecular weight is 268 g/mol. The highest BCUT2D eigenvalue weighted by Crippen LogP contribution is 2.10. The van der Waals surface area contributed by atoms with Crippen LogP contribution in [0.1, 0.15) is 5.56 Å². The van der Waals surface area contributed by atoms with Gasteiger partial charge in [0.25, 0.3) is 0 Å². The molecule has 3 aromatic rings. The van der Waals surface area contributed by atoms with Gasteiger partial charge in [0.05, 0.1) is 6.54 Å². The fourth-order valence-electron chi connectivity index (χ4n) is 1.96. The Labute approximate surface area is 117 Å². The van der Waals surface area contributed by atoms with Crippen LogP contribution in [0.5, 0.6) is 5.75 Å². The summed E-state index contributed by atoms with van der Waals surface area (Å²) in [5, 5.41) is 7.52. The van der Waals surface area contributed by atoms with Crippen molar-refractivity contribution in [3.63, 3.8) is 0 Å². The molecular formula is C15H16N4O. The van der Waals surface area contributed by atoms with Gasteiger partial charge in [-0.05, 0) is 30.7 Å². The maximum Gasteiger partial charge on any atom is 0.243 e. The third-order valence-electron chi connectivity index (χ3n) is 2.95. The number of aromatic nitrogens is 3. The molecule has 20 heavy (non-hydrogen) atoms. The van der Waals surface area contributed by atoms with Gasteiger partial charge in [-0.15, -0.1) is 5.10 Å². The van der Waals surface area contributed by atoms with E-state index in [9.17, 15) is 0 Å². The molecule has 0 aliphatic carbocycles. The summed E-state index contributed by atoms with van der Waals surface area (Å²) in [6, 6.07) is 13.7. The Morgan fingerprint density at radius 2 is 2.00 bits per heavy atom. The summed E-state index contributed by atoms with van der Waals surface area (Å²) in [5.74, 6) is 1.49. The van der Waals surface area contributed by atoms with Gasteiger partial charge in [-0.2, -0.15) is 4.98 Å². The molecule has 0 unspecified atom stereocenters. The average Bonchev–Trinajstić information content (AvgIpc) is 2.89. The van der Waals surface area contributed by atoms with Crippen molar-refractivity contribution >= 4 is 11.6 Å². The van der Waals surface area contributed by atoms with Crippen molar-refractivity contribution in [3.05, 3.63) is 54.2 Å². The van der Waals surface area contributed by atoms with E-state index in [2.05, 4.69) is 15.4 Å². The summed E-state index contributed by atoms with van der Waals surface area (Å²) in [6.07, 6.45) is 1.89. The standard InChI is InChI=1S/C15H16N4O/c1-12-6-5-10-19-14(12)17-15(18-19)16-9-11-20-13-7-3-2-4-8-13/h2-8,10H,9,11H2,1H3,(H,16,18). The maximum atomic E-state index is 5.60. The van der Waals surface area contributed by atoms with Gasteiger partial charge in [-0.25, -0.2) is 4.52 Å². The van der Waals surface area contributed by atoms with Gasteiger partial charge in [-0.3, -0.25) is 0 Å². The van der Waals surface area contributed by atoms with Crippen LogP contribution in [0.15, 0.2) is 48.7 Å². The van der Waals surface area contributed by atoms with E-state index in [1.165, 1.54) is 0 Å². The third-order valence-corrected chi connectivity index (χ3v) is 2.95. The van der Waals surface area contributed by atoms with Crippen LogP contribution in [0.2, 0.25) is 0 Å². The smallest absolute Gasteiger partial charge is 0.243 e. The Balaban J connectivity index is 1.56. The molecular weight excluding hydrogens is 252 g/mol. The highest BCUT2D eigenvalue weighted by Gasteiger charge is 2.04. The van der Waals surface area contributed by atoms with Crippen LogP contribution in [0.25, 0.3) is 5.65 Å². The minimum atomic E-state index is 0.568. The second-order valence-corrected chi connectivity index (χ2v) is 4.48. The number of ether oxygens (including phenoxy) is 1. The normalized spacial score (nSPS) is 10.7. The van der Waals surface area contributed by atoms with Crippen molar-refractivity contribution in [1.29, 1.82) is 0 Å². The SMILES string of the molecule is Cc1cccn2nc(NCCOc3ccccc3)nc12. The molecule has 1 N–H and O–H groups in total. The third kappa shape index (κ3) is 2.71. The fourth-order valence-corrected chi connectivity index (χ4v) is 1.96. The summed E-state index contributed by atoms with van der Waals surface area (Å²) in [5.41, 5.74) is 1.98. The molecule has 0 amide bonds. The molecule has 2 aromatic heterocycles. The van der Waals surface area contributed by atoms with Crippen molar-refractivity contribution in [3.8, 4) is 5.75 Å².